The van der Waals surface area contributed by atoms with E-state index in [1.807, 2.05) is 0 Å². The molecule has 114 valence electrons. The first-order valence-electron chi connectivity index (χ1n) is 6.97. The number of benzene rings is 1. The summed E-state index contributed by atoms with van der Waals surface area (Å²) in [6.45, 7) is 8.63. The molecule has 1 atom stereocenters. The van der Waals surface area contributed by atoms with E-state index >= 15 is 0 Å². The Kier molecular flexibility index (Phi) is 5.20. The van der Waals surface area contributed by atoms with Crippen molar-refractivity contribution in [3.05, 3.63) is 49.9 Å². The number of nitrogens with zero attached hydrogens (tertiary/aromatic N) is 1. The van der Waals surface area contributed by atoms with Gasteiger partial charge in [-0.2, -0.15) is 0 Å². The van der Waals surface area contributed by atoms with E-state index in [4.69, 9.17) is 10.8 Å². The molecule has 21 heavy (non-hydrogen) atoms. The van der Waals surface area contributed by atoms with Crippen LogP contribution >= 0.6 is 27.3 Å². The normalized spacial score (nSPS) is 13.4. The van der Waals surface area contributed by atoms with Gasteiger partial charge < -0.3 is 0 Å². The molecule has 1 heterocycles. The Balaban J connectivity index is 2.21. The van der Waals surface area contributed by atoms with E-state index in [0.29, 0.717) is 0 Å². The number of thiazole rings is 1. The maximum absolute atomic E-state index is 5.76. The van der Waals surface area contributed by atoms with Crippen LogP contribution in [0.1, 0.15) is 48.6 Å². The highest BCUT2D eigenvalue weighted by Gasteiger charge is 2.19. The number of aromatic nitrogens is 1. The molecular weight excluding hydrogens is 346 g/mol. The van der Waals surface area contributed by atoms with Crippen LogP contribution in [0.15, 0.2) is 28.1 Å². The van der Waals surface area contributed by atoms with Crippen molar-refractivity contribution in [3.63, 3.8) is 0 Å². The minimum Gasteiger partial charge on any atom is -0.271 e. The molecule has 0 bridgehead atoms. The number of hydrazine groups is 1. The van der Waals surface area contributed by atoms with Gasteiger partial charge in [0, 0.05) is 21.7 Å². The predicted octanol–water partition coefficient (Wildman–Crippen LogP) is 4.26. The second-order valence-electron chi connectivity index (χ2n) is 6.36. The molecule has 5 heteroatoms. The van der Waals surface area contributed by atoms with Crippen molar-refractivity contribution in [3.8, 4) is 0 Å². The molecule has 2 rings (SSSR count). The molecule has 3 nitrogen and oxygen atoms in total. The van der Waals surface area contributed by atoms with Gasteiger partial charge in [0.15, 0.2) is 0 Å². The summed E-state index contributed by atoms with van der Waals surface area (Å²) in [6, 6.07) is 6.43. The van der Waals surface area contributed by atoms with Crippen LogP contribution in [-0.4, -0.2) is 4.98 Å². The molecule has 0 amide bonds. The fourth-order valence-corrected chi connectivity index (χ4v) is 3.86. The largest absolute Gasteiger partial charge is 0.271 e. The topological polar surface area (TPSA) is 50.9 Å². The molecule has 0 saturated heterocycles. The number of aryl methyl sites for hydroxylation is 1. The monoisotopic (exact) mass is 367 g/mol. The molecule has 0 saturated carbocycles. The summed E-state index contributed by atoms with van der Waals surface area (Å²) in [6.07, 6.45) is 0.799. The van der Waals surface area contributed by atoms with Crippen LogP contribution in [0, 0.1) is 6.92 Å². The molecule has 1 aromatic carbocycles. The third kappa shape index (κ3) is 4.36. The number of rotatable bonds is 4. The lowest BCUT2D eigenvalue weighted by molar-refractivity contribution is 0.540. The lowest BCUT2D eigenvalue weighted by Gasteiger charge is -2.17. The van der Waals surface area contributed by atoms with Gasteiger partial charge in [0.25, 0.3) is 0 Å². The molecule has 0 radical (unpaired) electrons. The Morgan fingerprint density at radius 3 is 2.57 bits per heavy atom. The average molecular weight is 368 g/mol. The van der Waals surface area contributed by atoms with E-state index in [1.54, 1.807) is 11.3 Å². The molecule has 0 aliphatic carbocycles. The number of nitrogens with one attached hydrogen (secondary N) is 1. The number of hydrogen-bond acceptors (Lipinski definition) is 4. The molecule has 3 N–H and O–H groups in total. The Bertz CT molecular complexity index is 596. The first kappa shape index (κ1) is 16.6. The van der Waals surface area contributed by atoms with Gasteiger partial charge >= 0.3 is 0 Å². The summed E-state index contributed by atoms with van der Waals surface area (Å²) in [5, 5.41) is 3.26. The second-order valence-corrected chi connectivity index (χ2v) is 8.22. The third-order valence-corrected chi connectivity index (χ3v) is 4.70. The standard InChI is InChI=1S/C16H22BrN3S/c1-10-5-11(7-12(17)6-10)13(20-18)8-15-19-14(9-21-15)16(2,3)4/h5-7,9,13,20H,8,18H2,1-4H3. The van der Waals surface area contributed by atoms with E-state index in [2.05, 4.69) is 72.6 Å². The van der Waals surface area contributed by atoms with Gasteiger partial charge in [0.05, 0.1) is 16.7 Å². The lowest BCUT2D eigenvalue weighted by Crippen LogP contribution is -2.29. The smallest absolute Gasteiger partial charge is 0.0948 e. The molecule has 1 aromatic heterocycles. The van der Waals surface area contributed by atoms with E-state index < -0.39 is 0 Å². The molecule has 0 spiro atoms. The summed E-state index contributed by atoms with van der Waals surface area (Å²) in [5.74, 6) is 5.76. The molecule has 0 aliphatic rings. The molecular formula is C16H22BrN3S. The van der Waals surface area contributed by atoms with Crippen molar-refractivity contribution >= 4 is 27.3 Å². The van der Waals surface area contributed by atoms with Crippen molar-refractivity contribution in [2.45, 2.75) is 45.6 Å². The van der Waals surface area contributed by atoms with E-state index in [-0.39, 0.29) is 11.5 Å². The lowest BCUT2D eigenvalue weighted by atomic mass is 9.93. The second kappa shape index (κ2) is 6.57. The Hall–Kier alpha value is -0.750. The van der Waals surface area contributed by atoms with E-state index in [1.165, 1.54) is 11.1 Å². The molecule has 1 unspecified atom stereocenters. The van der Waals surface area contributed by atoms with Crippen molar-refractivity contribution in [2.24, 2.45) is 5.84 Å². The zero-order valence-corrected chi connectivity index (χ0v) is 15.3. The first-order valence-corrected chi connectivity index (χ1v) is 8.65. The van der Waals surface area contributed by atoms with E-state index in [0.717, 1.165) is 21.6 Å². The summed E-state index contributed by atoms with van der Waals surface area (Å²) < 4.78 is 1.08. The highest BCUT2D eigenvalue weighted by atomic mass is 79.9. The maximum atomic E-state index is 5.76. The number of nitrogens with two attached hydrogens (primary N) is 1. The van der Waals surface area contributed by atoms with Crippen LogP contribution in [0.25, 0.3) is 0 Å². The van der Waals surface area contributed by atoms with Crippen LogP contribution in [0.2, 0.25) is 0 Å². The fourth-order valence-electron chi connectivity index (χ4n) is 2.16. The van der Waals surface area contributed by atoms with Crippen LogP contribution in [0.3, 0.4) is 0 Å². The predicted molar refractivity (Wildman–Crippen MR) is 93.5 cm³/mol. The van der Waals surface area contributed by atoms with Crippen molar-refractivity contribution in [1.29, 1.82) is 0 Å². The van der Waals surface area contributed by atoms with Crippen LogP contribution in [-0.2, 0) is 11.8 Å². The van der Waals surface area contributed by atoms with Gasteiger partial charge in [-0.3, -0.25) is 11.3 Å². The number of halogens is 1. The summed E-state index contributed by atoms with van der Waals surface area (Å²) >= 11 is 5.25. The number of hydrogen-bond donors (Lipinski definition) is 2. The van der Waals surface area contributed by atoms with Gasteiger partial charge in [0.1, 0.15) is 0 Å². The minimum atomic E-state index is 0.0696. The first-order chi connectivity index (χ1) is 9.79. The summed E-state index contributed by atoms with van der Waals surface area (Å²) in [5.41, 5.74) is 6.54. The highest BCUT2D eigenvalue weighted by molar-refractivity contribution is 9.10. The Labute approximate surface area is 139 Å². The minimum absolute atomic E-state index is 0.0696. The van der Waals surface area contributed by atoms with Crippen LogP contribution in [0.4, 0.5) is 0 Å². The Morgan fingerprint density at radius 1 is 1.33 bits per heavy atom. The van der Waals surface area contributed by atoms with Gasteiger partial charge in [-0.05, 0) is 30.2 Å². The maximum Gasteiger partial charge on any atom is 0.0948 e. The summed E-state index contributed by atoms with van der Waals surface area (Å²) in [7, 11) is 0. The van der Waals surface area contributed by atoms with E-state index in [9.17, 15) is 0 Å². The van der Waals surface area contributed by atoms with Crippen molar-refractivity contribution in [2.75, 3.05) is 0 Å². The van der Waals surface area contributed by atoms with Crippen LogP contribution in [0.5, 0.6) is 0 Å². The fraction of sp³-hybridized carbons (Fsp3) is 0.438. The van der Waals surface area contributed by atoms with Gasteiger partial charge in [-0.1, -0.05) is 42.8 Å². The Morgan fingerprint density at radius 2 is 2.05 bits per heavy atom. The SMILES string of the molecule is Cc1cc(Br)cc(C(Cc2nc(C(C)(C)C)cs2)NN)c1. The van der Waals surface area contributed by atoms with Crippen LogP contribution < -0.4 is 11.3 Å². The van der Waals surface area contributed by atoms with Gasteiger partial charge in [0.2, 0.25) is 0 Å². The van der Waals surface area contributed by atoms with Crippen molar-refractivity contribution < 1.29 is 0 Å². The van der Waals surface area contributed by atoms with Gasteiger partial charge in [-0.25, -0.2) is 4.98 Å². The molecule has 0 aliphatic heterocycles. The average Bonchev–Trinajstić information content (AvgIpc) is 2.83. The third-order valence-electron chi connectivity index (χ3n) is 3.37. The zero-order valence-electron chi connectivity index (χ0n) is 12.9. The summed E-state index contributed by atoms with van der Waals surface area (Å²) in [4.78, 5) is 4.75. The highest BCUT2D eigenvalue weighted by Crippen LogP contribution is 2.28. The zero-order chi connectivity index (χ0) is 15.6. The quantitative estimate of drug-likeness (QED) is 0.626. The van der Waals surface area contributed by atoms with Crippen molar-refractivity contribution in [1.82, 2.24) is 10.4 Å². The van der Waals surface area contributed by atoms with Gasteiger partial charge in [-0.15, -0.1) is 11.3 Å². The molecule has 2 aromatic rings. The molecule has 0 fully saturated rings.